The van der Waals surface area contributed by atoms with Crippen LogP contribution in [0.4, 0.5) is 0 Å². The minimum atomic E-state index is -0.653. The summed E-state index contributed by atoms with van der Waals surface area (Å²) in [5, 5.41) is 0. The molecular weight excluding hydrogens is 274 g/mol. The van der Waals surface area contributed by atoms with Crippen molar-refractivity contribution in [3.8, 4) is 0 Å². The molecule has 1 aliphatic rings. The molecule has 0 aliphatic carbocycles. The van der Waals surface area contributed by atoms with Crippen LogP contribution in [0.1, 0.15) is 36.2 Å². The maximum Gasteiger partial charge on any atom is 0.326 e. The lowest BCUT2D eigenvalue weighted by molar-refractivity contribution is 0.0654. The Morgan fingerprint density at radius 1 is 1.43 bits per heavy atom. The summed E-state index contributed by atoms with van der Waals surface area (Å²) < 4.78 is 5.04. The molecule has 0 saturated carbocycles. The molecule has 0 spiro atoms. The maximum absolute atomic E-state index is 12.4. The first-order valence-electron chi connectivity index (χ1n) is 7.22. The average Bonchev–Trinajstić information content (AvgIpc) is 2.46. The van der Waals surface area contributed by atoms with E-state index in [9.17, 15) is 14.4 Å². The van der Waals surface area contributed by atoms with E-state index in [4.69, 9.17) is 4.74 Å². The van der Waals surface area contributed by atoms with Gasteiger partial charge in [0.05, 0.1) is 0 Å². The molecule has 2 N–H and O–H groups in total. The van der Waals surface area contributed by atoms with Gasteiger partial charge in [-0.05, 0) is 31.6 Å². The molecule has 1 amide bonds. The average molecular weight is 295 g/mol. The van der Waals surface area contributed by atoms with E-state index in [1.807, 2.05) is 0 Å². The first-order chi connectivity index (χ1) is 10.1. The lowest BCUT2D eigenvalue weighted by Gasteiger charge is -2.32. The van der Waals surface area contributed by atoms with Crippen LogP contribution in [0.5, 0.6) is 0 Å². The fourth-order valence-electron chi connectivity index (χ4n) is 2.76. The summed E-state index contributed by atoms with van der Waals surface area (Å²) in [4.78, 5) is 41.0. The summed E-state index contributed by atoms with van der Waals surface area (Å²) in [7, 11) is 1.68. The van der Waals surface area contributed by atoms with Crippen molar-refractivity contribution in [1.82, 2.24) is 14.9 Å². The highest BCUT2D eigenvalue weighted by Crippen LogP contribution is 2.21. The van der Waals surface area contributed by atoms with Crippen LogP contribution >= 0.6 is 0 Å². The van der Waals surface area contributed by atoms with Gasteiger partial charge in [-0.15, -0.1) is 0 Å². The molecule has 1 aromatic heterocycles. The largest absolute Gasteiger partial charge is 0.385 e. The van der Waals surface area contributed by atoms with E-state index >= 15 is 0 Å². The lowest BCUT2D eigenvalue weighted by Crippen LogP contribution is -2.41. The highest BCUT2D eigenvalue weighted by molar-refractivity contribution is 5.92. The molecule has 2 rings (SSSR count). The van der Waals surface area contributed by atoms with Gasteiger partial charge >= 0.3 is 5.69 Å². The van der Waals surface area contributed by atoms with E-state index in [1.54, 1.807) is 12.0 Å². The first-order valence-corrected chi connectivity index (χ1v) is 7.22. The number of aromatic nitrogens is 2. The van der Waals surface area contributed by atoms with Crippen LogP contribution in [0, 0.1) is 5.92 Å². The van der Waals surface area contributed by atoms with Crippen molar-refractivity contribution in [2.24, 2.45) is 5.92 Å². The first kappa shape index (κ1) is 15.5. The van der Waals surface area contributed by atoms with Crippen molar-refractivity contribution in [3.63, 3.8) is 0 Å². The van der Waals surface area contributed by atoms with Crippen molar-refractivity contribution in [3.05, 3.63) is 32.6 Å². The molecule has 1 fully saturated rings. The normalized spacial score (nSPS) is 18.7. The molecule has 21 heavy (non-hydrogen) atoms. The summed E-state index contributed by atoms with van der Waals surface area (Å²) in [5.74, 6) is 0.168. The van der Waals surface area contributed by atoms with E-state index in [-0.39, 0.29) is 11.6 Å². The molecule has 0 unspecified atom stereocenters. The van der Waals surface area contributed by atoms with E-state index < -0.39 is 11.2 Å². The molecule has 7 nitrogen and oxygen atoms in total. The predicted molar refractivity (Wildman–Crippen MR) is 77.4 cm³/mol. The van der Waals surface area contributed by atoms with Gasteiger partial charge in [0.25, 0.3) is 11.5 Å². The van der Waals surface area contributed by atoms with Gasteiger partial charge in [-0.2, -0.15) is 0 Å². The fourth-order valence-corrected chi connectivity index (χ4v) is 2.76. The summed E-state index contributed by atoms with van der Waals surface area (Å²) in [5.41, 5.74) is -1.16. The highest BCUT2D eigenvalue weighted by Gasteiger charge is 2.24. The number of methoxy groups -OCH3 is 1. The van der Waals surface area contributed by atoms with Crippen LogP contribution in [0.25, 0.3) is 0 Å². The van der Waals surface area contributed by atoms with Crippen molar-refractivity contribution in [2.75, 3.05) is 26.8 Å². The number of hydrogen-bond acceptors (Lipinski definition) is 4. The summed E-state index contributed by atoms with van der Waals surface area (Å²) in [6, 6.07) is 1.14. The number of H-pyrrole nitrogens is 2. The second-order valence-corrected chi connectivity index (χ2v) is 5.40. The van der Waals surface area contributed by atoms with E-state index in [0.717, 1.165) is 38.4 Å². The SMILES string of the molecule is COCCC[C@@H]1CCCN(C(=O)c2cc(=O)[nH]c(=O)[nH]2)C1. The smallest absolute Gasteiger partial charge is 0.326 e. The van der Waals surface area contributed by atoms with Gasteiger partial charge in [-0.25, -0.2) is 4.79 Å². The summed E-state index contributed by atoms with van der Waals surface area (Å²) in [6.45, 7) is 2.05. The number of amides is 1. The minimum absolute atomic E-state index is 0.0568. The Kier molecular flexibility index (Phi) is 5.32. The van der Waals surface area contributed by atoms with Crippen LogP contribution in [-0.4, -0.2) is 47.6 Å². The van der Waals surface area contributed by atoms with Crippen LogP contribution in [-0.2, 0) is 4.74 Å². The number of nitrogens with zero attached hydrogens (tertiary/aromatic N) is 1. The molecule has 1 aliphatic heterocycles. The van der Waals surface area contributed by atoms with Crippen molar-refractivity contribution >= 4 is 5.91 Å². The van der Waals surface area contributed by atoms with Crippen LogP contribution in [0.2, 0.25) is 0 Å². The van der Waals surface area contributed by atoms with Gasteiger partial charge in [0, 0.05) is 32.9 Å². The van der Waals surface area contributed by atoms with Gasteiger partial charge in [-0.3, -0.25) is 14.6 Å². The Labute approximate surface area is 122 Å². The molecule has 1 saturated heterocycles. The van der Waals surface area contributed by atoms with Gasteiger partial charge in [0.15, 0.2) is 0 Å². The number of rotatable bonds is 5. The topological polar surface area (TPSA) is 95.3 Å². The molecule has 0 radical (unpaired) electrons. The number of carbonyl (C=O) groups is 1. The van der Waals surface area contributed by atoms with E-state index in [0.29, 0.717) is 19.0 Å². The van der Waals surface area contributed by atoms with Gasteiger partial charge < -0.3 is 14.6 Å². The number of ether oxygens (including phenoxy) is 1. The molecule has 1 atom stereocenters. The fraction of sp³-hybridized carbons (Fsp3) is 0.643. The molecule has 7 heteroatoms. The van der Waals surface area contributed by atoms with Crippen molar-refractivity contribution in [2.45, 2.75) is 25.7 Å². The number of carbonyl (C=O) groups excluding carboxylic acids is 1. The third-order valence-corrected chi connectivity index (χ3v) is 3.76. The molecule has 116 valence electrons. The monoisotopic (exact) mass is 295 g/mol. The number of nitrogens with one attached hydrogen (secondary N) is 2. The molecular formula is C14H21N3O4. The molecule has 0 aromatic carbocycles. The Balaban J connectivity index is 2.01. The van der Waals surface area contributed by atoms with Gasteiger partial charge in [0.1, 0.15) is 5.69 Å². The molecule has 2 heterocycles. The molecule has 1 aromatic rings. The van der Waals surface area contributed by atoms with Crippen LogP contribution in [0.3, 0.4) is 0 Å². The number of aromatic amines is 2. The third-order valence-electron chi connectivity index (χ3n) is 3.76. The zero-order chi connectivity index (χ0) is 15.2. The minimum Gasteiger partial charge on any atom is -0.385 e. The number of piperidine rings is 1. The van der Waals surface area contributed by atoms with Gasteiger partial charge in [0.2, 0.25) is 0 Å². The second kappa shape index (κ2) is 7.21. The van der Waals surface area contributed by atoms with E-state index in [2.05, 4.69) is 9.97 Å². The van der Waals surface area contributed by atoms with Crippen LogP contribution in [0.15, 0.2) is 15.7 Å². The van der Waals surface area contributed by atoms with Gasteiger partial charge in [-0.1, -0.05) is 0 Å². The zero-order valence-corrected chi connectivity index (χ0v) is 12.2. The summed E-state index contributed by atoms with van der Waals surface area (Å²) >= 11 is 0. The van der Waals surface area contributed by atoms with Crippen molar-refractivity contribution < 1.29 is 9.53 Å². The Hall–Kier alpha value is -1.89. The van der Waals surface area contributed by atoms with Crippen molar-refractivity contribution in [1.29, 1.82) is 0 Å². The van der Waals surface area contributed by atoms with E-state index in [1.165, 1.54) is 0 Å². The lowest BCUT2D eigenvalue weighted by atomic mass is 9.93. The second-order valence-electron chi connectivity index (χ2n) is 5.40. The Morgan fingerprint density at radius 2 is 2.24 bits per heavy atom. The number of likely N-dealkylation sites (tertiary alicyclic amines) is 1. The summed E-state index contributed by atoms with van der Waals surface area (Å²) in [6.07, 6.45) is 4.03. The Bertz CT molecular complexity index is 564. The molecule has 0 bridgehead atoms. The Morgan fingerprint density at radius 3 is 2.95 bits per heavy atom. The number of hydrogen-bond donors (Lipinski definition) is 2. The standard InChI is InChI=1S/C14H21N3O4/c1-21-7-3-5-10-4-2-6-17(9-10)13(19)11-8-12(18)16-14(20)15-11/h8,10H,2-7,9H2,1H3,(H2,15,16,18,20)/t10-/m0/s1. The highest BCUT2D eigenvalue weighted by atomic mass is 16.5. The maximum atomic E-state index is 12.4. The predicted octanol–water partition coefficient (Wildman–Crippen LogP) is 0.342. The zero-order valence-electron chi connectivity index (χ0n) is 12.2. The third kappa shape index (κ3) is 4.29. The van der Waals surface area contributed by atoms with Crippen LogP contribution < -0.4 is 11.2 Å². The quantitative estimate of drug-likeness (QED) is 0.766.